The highest BCUT2D eigenvalue weighted by Gasteiger charge is 2.30. The van der Waals surface area contributed by atoms with Crippen LogP contribution in [0.5, 0.6) is 0 Å². The number of aryl methyl sites for hydroxylation is 2. The standard InChI is InChI=1S/C44H50N4O4S/c1-4-13-40-46-41-29(2)24-35(27-39(41)47(40)28-33-20-22-34(23-21-33)36-18-11-12-19-37(36)43(50)51)42(49)48(30(3)25-31-14-7-5-8-15-31)53-44(52)38(45)26-32-16-9-6-10-17-32/h5,7-8,11-12,14-15,18-24,27,30,32,38H,4,6,9-10,13,16-17,25-26,28,45H2,1-3H3,(H,50,51). The number of aromatic nitrogens is 2. The summed E-state index contributed by atoms with van der Waals surface area (Å²) < 4.78 is 3.82. The third-order valence-electron chi connectivity index (χ3n) is 10.4. The molecule has 0 spiro atoms. The first kappa shape index (κ1) is 38.0. The molecule has 1 amide bonds. The van der Waals surface area contributed by atoms with Crippen molar-refractivity contribution in [3.63, 3.8) is 0 Å². The van der Waals surface area contributed by atoms with Gasteiger partial charge in [-0.05, 0) is 85.0 Å². The van der Waals surface area contributed by atoms with Gasteiger partial charge in [-0.25, -0.2) is 9.78 Å². The van der Waals surface area contributed by atoms with Gasteiger partial charge in [-0.1, -0.05) is 112 Å². The summed E-state index contributed by atoms with van der Waals surface area (Å²) in [5.41, 5.74) is 13.5. The second-order valence-electron chi connectivity index (χ2n) is 14.5. The highest BCUT2D eigenvalue weighted by Crippen LogP contribution is 2.32. The Morgan fingerprint density at radius 3 is 2.34 bits per heavy atom. The molecular weight excluding hydrogens is 681 g/mol. The fraction of sp³-hybridized carbons (Fsp3) is 0.364. The maximum atomic E-state index is 14.6. The molecule has 0 aliphatic heterocycles. The molecule has 2 unspecified atom stereocenters. The maximum Gasteiger partial charge on any atom is 0.336 e. The molecule has 1 aromatic heterocycles. The second-order valence-corrected chi connectivity index (χ2v) is 15.5. The Bertz CT molecular complexity index is 2050. The summed E-state index contributed by atoms with van der Waals surface area (Å²) in [6.45, 7) is 6.63. The Labute approximate surface area is 316 Å². The van der Waals surface area contributed by atoms with Gasteiger partial charge in [0.25, 0.3) is 5.91 Å². The number of aromatic carboxylic acids is 1. The molecule has 5 aromatic rings. The highest BCUT2D eigenvalue weighted by molar-refractivity contribution is 8.12. The van der Waals surface area contributed by atoms with Crippen LogP contribution < -0.4 is 5.73 Å². The molecule has 2 atom stereocenters. The number of amides is 1. The number of carboxylic acids is 1. The number of hydrogen-bond acceptors (Lipinski definition) is 6. The molecule has 1 heterocycles. The number of carboxylic acid groups (broad SMARTS) is 1. The minimum absolute atomic E-state index is 0.175. The molecule has 6 rings (SSSR count). The van der Waals surface area contributed by atoms with E-state index in [9.17, 15) is 19.5 Å². The van der Waals surface area contributed by atoms with Crippen LogP contribution >= 0.6 is 11.9 Å². The second kappa shape index (κ2) is 17.4. The summed E-state index contributed by atoms with van der Waals surface area (Å²) in [6.07, 6.45) is 8.74. The van der Waals surface area contributed by atoms with Gasteiger partial charge in [0.15, 0.2) is 0 Å². The SMILES string of the molecule is CCCc1nc2c(C)cc(C(=O)N(SC(=O)C(N)CC3CCCCC3)C(C)Cc3ccccc3)cc2n1Cc1ccc(-c2ccccc2C(=O)O)cc1. The molecule has 1 aliphatic rings. The van der Waals surface area contributed by atoms with Crippen molar-refractivity contribution in [3.05, 3.63) is 125 Å². The highest BCUT2D eigenvalue weighted by atomic mass is 32.2. The topological polar surface area (TPSA) is 119 Å². The van der Waals surface area contributed by atoms with Crippen LogP contribution in [0, 0.1) is 12.8 Å². The molecule has 0 radical (unpaired) electrons. The summed E-state index contributed by atoms with van der Waals surface area (Å²) in [6, 6.07) is 27.9. The summed E-state index contributed by atoms with van der Waals surface area (Å²) in [4.78, 5) is 45.2. The zero-order valence-electron chi connectivity index (χ0n) is 31.0. The molecule has 276 valence electrons. The van der Waals surface area contributed by atoms with Crippen LogP contribution in [0.4, 0.5) is 0 Å². The Hall–Kier alpha value is -4.73. The van der Waals surface area contributed by atoms with Crippen LogP contribution in [0.2, 0.25) is 0 Å². The van der Waals surface area contributed by atoms with E-state index in [1.54, 1.807) is 16.4 Å². The first-order chi connectivity index (χ1) is 25.6. The van der Waals surface area contributed by atoms with E-state index in [4.69, 9.17) is 10.7 Å². The van der Waals surface area contributed by atoms with Crippen LogP contribution in [-0.2, 0) is 24.2 Å². The fourth-order valence-corrected chi connectivity index (χ4v) is 8.46. The van der Waals surface area contributed by atoms with Crippen molar-refractivity contribution in [2.45, 2.75) is 97.2 Å². The molecule has 53 heavy (non-hydrogen) atoms. The lowest BCUT2D eigenvalue weighted by molar-refractivity contribution is -0.112. The predicted molar refractivity (Wildman–Crippen MR) is 214 cm³/mol. The normalized spacial score (nSPS) is 14.6. The maximum absolute atomic E-state index is 14.6. The number of nitrogens with zero attached hydrogens (tertiary/aromatic N) is 3. The lowest BCUT2D eigenvalue weighted by Gasteiger charge is -2.29. The van der Waals surface area contributed by atoms with E-state index < -0.39 is 12.0 Å². The quantitative estimate of drug-likeness (QED) is 0.116. The van der Waals surface area contributed by atoms with Crippen molar-refractivity contribution in [1.29, 1.82) is 0 Å². The zero-order chi connectivity index (χ0) is 37.5. The van der Waals surface area contributed by atoms with Gasteiger partial charge in [0.2, 0.25) is 5.12 Å². The van der Waals surface area contributed by atoms with Crippen LogP contribution in [-0.4, -0.2) is 48.0 Å². The van der Waals surface area contributed by atoms with Crippen molar-refractivity contribution >= 4 is 40.0 Å². The van der Waals surface area contributed by atoms with Gasteiger partial charge >= 0.3 is 5.97 Å². The average Bonchev–Trinajstić information content (AvgIpc) is 3.51. The largest absolute Gasteiger partial charge is 0.478 e. The van der Waals surface area contributed by atoms with Gasteiger partial charge in [0, 0.05) is 36.5 Å². The van der Waals surface area contributed by atoms with Gasteiger partial charge < -0.3 is 15.4 Å². The monoisotopic (exact) mass is 730 g/mol. The number of benzene rings is 4. The van der Waals surface area contributed by atoms with Crippen LogP contribution in [0.15, 0.2) is 91.0 Å². The van der Waals surface area contributed by atoms with Gasteiger partial charge in [0.1, 0.15) is 5.82 Å². The van der Waals surface area contributed by atoms with Gasteiger partial charge in [-0.15, -0.1) is 0 Å². The van der Waals surface area contributed by atoms with E-state index >= 15 is 0 Å². The molecule has 0 bridgehead atoms. The van der Waals surface area contributed by atoms with Gasteiger partial charge in [-0.2, -0.15) is 0 Å². The molecule has 3 N–H and O–H groups in total. The number of fused-ring (bicyclic) bond motifs is 1. The lowest BCUT2D eigenvalue weighted by Crippen LogP contribution is -2.39. The van der Waals surface area contributed by atoms with Crippen molar-refractivity contribution in [1.82, 2.24) is 13.9 Å². The van der Waals surface area contributed by atoms with Crippen molar-refractivity contribution in [2.75, 3.05) is 0 Å². The number of hydrogen-bond donors (Lipinski definition) is 2. The molecule has 4 aromatic carbocycles. The molecule has 1 saturated carbocycles. The Kier molecular flexibility index (Phi) is 12.5. The van der Waals surface area contributed by atoms with Gasteiger partial charge in [0.05, 0.1) is 22.6 Å². The van der Waals surface area contributed by atoms with E-state index in [1.165, 1.54) is 19.3 Å². The number of rotatable bonds is 13. The van der Waals surface area contributed by atoms with Crippen LogP contribution in [0.25, 0.3) is 22.2 Å². The molecule has 9 heteroatoms. The van der Waals surface area contributed by atoms with E-state index in [-0.39, 0.29) is 22.6 Å². The number of carbonyl (C=O) groups is 3. The fourth-order valence-electron chi connectivity index (χ4n) is 7.59. The van der Waals surface area contributed by atoms with Crippen molar-refractivity contribution < 1.29 is 19.5 Å². The molecule has 1 fully saturated rings. The molecule has 0 saturated heterocycles. The Morgan fingerprint density at radius 2 is 1.64 bits per heavy atom. The molecular formula is C44H50N4O4S. The van der Waals surface area contributed by atoms with E-state index in [0.717, 1.165) is 76.7 Å². The summed E-state index contributed by atoms with van der Waals surface area (Å²) in [7, 11) is 0. The lowest BCUT2D eigenvalue weighted by atomic mass is 9.85. The Morgan fingerprint density at radius 1 is 0.943 bits per heavy atom. The summed E-state index contributed by atoms with van der Waals surface area (Å²) in [5, 5.41) is 9.54. The predicted octanol–water partition coefficient (Wildman–Crippen LogP) is 9.26. The van der Waals surface area contributed by atoms with E-state index in [1.807, 2.05) is 92.7 Å². The Balaban J connectivity index is 1.31. The van der Waals surface area contributed by atoms with E-state index in [0.29, 0.717) is 36.4 Å². The smallest absolute Gasteiger partial charge is 0.336 e. The minimum Gasteiger partial charge on any atom is -0.478 e. The molecule has 8 nitrogen and oxygen atoms in total. The van der Waals surface area contributed by atoms with E-state index in [2.05, 4.69) is 11.5 Å². The summed E-state index contributed by atoms with van der Waals surface area (Å²) >= 11 is 0.966. The first-order valence-corrected chi connectivity index (χ1v) is 19.7. The van der Waals surface area contributed by atoms with Crippen LogP contribution in [0.3, 0.4) is 0 Å². The third-order valence-corrected chi connectivity index (χ3v) is 11.6. The van der Waals surface area contributed by atoms with Crippen molar-refractivity contribution in [3.8, 4) is 11.1 Å². The number of nitrogens with two attached hydrogens (primary N) is 1. The van der Waals surface area contributed by atoms with Crippen LogP contribution in [0.1, 0.15) is 102 Å². The number of imidazole rings is 1. The van der Waals surface area contributed by atoms with Gasteiger partial charge in [-0.3, -0.25) is 13.9 Å². The van der Waals surface area contributed by atoms with Crippen molar-refractivity contribution in [2.24, 2.45) is 11.7 Å². The number of carbonyl (C=O) groups excluding carboxylic acids is 2. The molecule has 1 aliphatic carbocycles. The minimum atomic E-state index is -0.961. The average molecular weight is 731 g/mol. The first-order valence-electron chi connectivity index (χ1n) is 18.9. The zero-order valence-corrected chi connectivity index (χ0v) is 31.8. The third kappa shape index (κ3) is 9.08. The summed E-state index contributed by atoms with van der Waals surface area (Å²) in [5.74, 6) is 0.196.